The van der Waals surface area contributed by atoms with Gasteiger partial charge in [0, 0.05) is 19.1 Å². The molecular weight excluding hydrogens is 382 g/mol. The first-order valence-corrected chi connectivity index (χ1v) is 11.5. The Morgan fingerprint density at radius 1 is 1.03 bits per heavy atom. The van der Waals surface area contributed by atoms with E-state index < -0.39 is 11.2 Å². The first-order valence-electron chi connectivity index (χ1n) is 11.5. The van der Waals surface area contributed by atoms with Crippen molar-refractivity contribution >= 4 is 17.1 Å². The first kappa shape index (κ1) is 22.3. The number of hydrogen-bond donors (Lipinski definition) is 1. The SMILES string of the molecule is CCCCn1cnc2c1c(=O)n(CC(=O)NC1CCCCCC1)c(=O)n2CCCC. The number of aryl methyl sites for hydroxylation is 2. The number of aromatic nitrogens is 4. The maximum absolute atomic E-state index is 13.2. The van der Waals surface area contributed by atoms with E-state index in [0.717, 1.165) is 55.9 Å². The average molecular weight is 418 g/mol. The summed E-state index contributed by atoms with van der Waals surface area (Å²) in [7, 11) is 0. The van der Waals surface area contributed by atoms with Crippen LogP contribution in [-0.2, 0) is 24.4 Å². The summed E-state index contributed by atoms with van der Waals surface area (Å²) in [6.07, 6.45) is 11.8. The number of carbonyl (C=O) groups is 1. The molecule has 3 rings (SSSR count). The smallest absolute Gasteiger partial charge is 0.333 e. The molecule has 2 heterocycles. The third kappa shape index (κ3) is 5.02. The Bertz CT molecular complexity index is 964. The molecule has 1 fully saturated rings. The van der Waals surface area contributed by atoms with E-state index in [2.05, 4.69) is 24.1 Å². The number of unbranched alkanes of at least 4 members (excludes halogenated alkanes) is 2. The van der Waals surface area contributed by atoms with E-state index in [1.54, 1.807) is 10.9 Å². The van der Waals surface area contributed by atoms with Crippen LogP contribution >= 0.6 is 0 Å². The fourth-order valence-electron chi connectivity index (χ4n) is 4.23. The van der Waals surface area contributed by atoms with Gasteiger partial charge in [-0.15, -0.1) is 0 Å². The highest BCUT2D eigenvalue weighted by molar-refractivity contribution is 5.77. The standard InChI is InChI=1S/C22H35N5O3/c1-3-5-13-25-16-23-20-19(25)21(29)27(22(30)26(20)14-6-4-2)15-18(28)24-17-11-9-7-8-10-12-17/h16-17H,3-15H2,1-2H3,(H,24,28). The van der Waals surface area contributed by atoms with Crippen molar-refractivity contribution in [2.75, 3.05) is 0 Å². The van der Waals surface area contributed by atoms with Crippen LogP contribution in [0.4, 0.5) is 0 Å². The van der Waals surface area contributed by atoms with Crippen LogP contribution in [0.5, 0.6) is 0 Å². The zero-order valence-electron chi connectivity index (χ0n) is 18.4. The Morgan fingerprint density at radius 2 is 1.70 bits per heavy atom. The van der Waals surface area contributed by atoms with Gasteiger partial charge in [0.25, 0.3) is 5.56 Å². The van der Waals surface area contributed by atoms with Crippen molar-refractivity contribution in [1.82, 2.24) is 24.0 Å². The minimum Gasteiger partial charge on any atom is -0.352 e. The van der Waals surface area contributed by atoms with Gasteiger partial charge in [-0.3, -0.25) is 14.2 Å². The summed E-state index contributed by atoms with van der Waals surface area (Å²) in [5.41, 5.74) is -0.0264. The van der Waals surface area contributed by atoms with Crippen LogP contribution in [0.2, 0.25) is 0 Å². The molecule has 0 spiro atoms. The van der Waals surface area contributed by atoms with Crippen molar-refractivity contribution in [3.63, 3.8) is 0 Å². The van der Waals surface area contributed by atoms with E-state index >= 15 is 0 Å². The minimum atomic E-state index is -0.447. The third-order valence-corrected chi connectivity index (χ3v) is 5.99. The fraction of sp³-hybridized carbons (Fsp3) is 0.727. The van der Waals surface area contributed by atoms with Crippen LogP contribution in [0.15, 0.2) is 15.9 Å². The highest BCUT2D eigenvalue weighted by Gasteiger charge is 2.21. The Hall–Kier alpha value is -2.38. The molecule has 1 saturated carbocycles. The lowest BCUT2D eigenvalue weighted by Crippen LogP contribution is -2.46. The summed E-state index contributed by atoms with van der Waals surface area (Å²) in [6, 6.07) is 0.136. The molecule has 2 aromatic rings. The minimum absolute atomic E-state index is 0.136. The van der Waals surface area contributed by atoms with Crippen molar-refractivity contribution in [1.29, 1.82) is 0 Å². The van der Waals surface area contributed by atoms with Crippen molar-refractivity contribution in [3.05, 3.63) is 27.2 Å². The lowest BCUT2D eigenvalue weighted by Gasteiger charge is -2.17. The summed E-state index contributed by atoms with van der Waals surface area (Å²) in [5, 5.41) is 3.05. The molecule has 2 aromatic heterocycles. The summed E-state index contributed by atoms with van der Waals surface area (Å²) in [4.78, 5) is 43.4. The predicted octanol–water partition coefficient (Wildman–Crippen LogP) is 2.80. The lowest BCUT2D eigenvalue weighted by atomic mass is 10.1. The zero-order valence-corrected chi connectivity index (χ0v) is 18.4. The normalized spacial score (nSPS) is 15.4. The number of imidazole rings is 1. The Balaban J connectivity index is 1.94. The van der Waals surface area contributed by atoms with Gasteiger partial charge in [-0.05, 0) is 25.7 Å². The van der Waals surface area contributed by atoms with E-state index in [1.807, 2.05) is 4.57 Å². The van der Waals surface area contributed by atoms with Gasteiger partial charge in [-0.2, -0.15) is 0 Å². The van der Waals surface area contributed by atoms with Gasteiger partial charge < -0.3 is 9.88 Å². The van der Waals surface area contributed by atoms with Gasteiger partial charge in [0.05, 0.1) is 6.33 Å². The summed E-state index contributed by atoms with van der Waals surface area (Å²) in [5.74, 6) is -0.262. The number of hydrogen-bond acceptors (Lipinski definition) is 4. The summed E-state index contributed by atoms with van der Waals surface area (Å²) >= 11 is 0. The second-order valence-corrected chi connectivity index (χ2v) is 8.40. The van der Waals surface area contributed by atoms with Crippen LogP contribution < -0.4 is 16.6 Å². The molecule has 0 saturated heterocycles. The van der Waals surface area contributed by atoms with Crippen molar-refractivity contribution < 1.29 is 4.79 Å². The number of nitrogens with zero attached hydrogens (tertiary/aromatic N) is 4. The molecule has 1 N–H and O–H groups in total. The summed E-state index contributed by atoms with van der Waals surface area (Å²) < 4.78 is 4.47. The first-order chi connectivity index (χ1) is 14.6. The molecule has 8 heteroatoms. The maximum atomic E-state index is 13.2. The number of carbonyl (C=O) groups excluding carboxylic acids is 1. The summed E-state index contributed by atoms with van der Waals surface area (Å²) in [6.45, 7) is 5.06. The van der Waals surface area contributed by atoms with Crippen LogP contribution in [0.25, 0.3) is 11.2 Å². The van der Waals surface area contributed by atoms with Crippen molar-refractivity contribution in [3.8, 4) is 0 Å². The van der Waals surface area contributed by atoms with E-state index in [9.17, 15) is 14.4 Å². The number of rotatable bonds is 9. The van der Waals surface area contributed by atoms with Gasteiger partial charge in [0.2, 0.25) is 5.91 Å². The Labute approximate surface area is 177 Å². The lowest BCUT2D eigenvalue weighted by molar-refractivity contribution is -0.122. The quantitative estimate of drug-likeness (QED) is 0.635. The third-order valence-electron chi connectivity index (χ3n) is 5.99. The fourth-order valence-corrected chi connectivity index (χ4v) is 4.23. The molecule has 0 aliphatic heterocycles. The van der Waals surface area contributed by atoms with Crippen LogP contribution in [0, 0.1) is 0 Å². The van der Waals surface area contributed by atoms with Gasteiger partial charge in [0.15, 0.2) is 11.2 Å². The zero-order chi connectivity index (χ0) is 21.5. The second kappa shape index (κ2) is 10.6. The molecule has 166 valence electrons. The molecule has 0 bridgehead atoms. The molecule has 1 amide bonds. The van der Waals surface area contributed by atoms with Crippen molar-refractivity contribution in [2.45, 2.75) is 104 Å². The average Bonchev–Trinajstić information content (AvgIpc) is 2.98. The maximum Gasteiger partial charge on any atom is 0.333 e. The van der Waals surface area contributed by atoms with E-state index in [1.165, 1.54) is 12.8 Å². The highest BCUT2D eigenvalue weighted by Crippen LogP contribution is 2.17. The number of nitrogens with one attached hydrogen (secondary N) is 1. The Kier molecular flexibility index (Phi) is 7.87. The number of amides is 1. The van der Waals surface area contributed by atoms with E-state index in [4.69, 9.17) is 0 Å². The molecule has 0 unspecified atom stereocenters. The number of fused-ring (bicyclic) bond motifs is 1. The van der Waals surface area contributed by atoms with Gasteiger partial charge in [0.1, 0.15) is 6.54 Å². The molecule has 0 radical (unpaired) electrons. The molecule has 0 atom stereocenters. The van der Waals surface area contributed by atoms with E-state index in [0.29, 0.717) is 24.3 Å². The second-order valence-electron chi connectivity index (χ2n) is 8.40. The molecule has 1 aliphatic carbocycles. The topological polar surface area (TPSA) is 90.9 Å². The monoisotopic (exact) mass is 417 g/mol. The molecular formula is C22H35N5O3. The molecule has 1 aliphatic rings. The van der Waals surface area contributed by atoms with Gasteiger partial charge in [-0.25, -0.2) is 14.3 Å². The van der Waals surface area contributed by atoms with Crippen LogP contribution in [0.3, 0.4) is 0 Å². The molecule has 0 aromatic carbocycles. The highest BCUT2D eigenvalue weighted by atomic mass is 16.2. The van der Waals surface area contributed by atoms with Gasteiger partial charge >= 0.3 is 5.69 Å². The predicted molar refractivity (Wildman–Crippen MR) is 118 cm³/mol. The Morgan fingerprint density at radius 3 is 2.37 bits per heavy atom. The van der Waals surface area contributed by atoms with E-state index in [-0.39, 0.29) is 18.5 Å². The molecule has 30 heavy (non-hydrogen) atoms. The van der Waals surface area contributed by atoms with Gasteiger partial charge in [-0.1, -0.05) is 52.4 Å². The van der Waals surface area contributed by atoms with Crippen LogP contribution in [-0.4, -0.2) is 30.6 Å². The largest absolute Gasteiger partial charge is 0.352 e. The van der Waals surface area contributed by atoms with Crippen LogP contribution in [0.1, 0.15) is 78.1 Å². The molecule has 8 nitrogen and oxygen atoms in total. The van der Waals surface area contributed by atoms with Crippen molar-refractivity contribution in [2.24, 2.45) is 0 Å².